The number of amides is 2. The van der Waals surface area contributed by atoms with Crippen molar-refractivity contribution in [1.29, 1.82) is 0 Å². The average molecular weight is 601 g/mol. The Kier molecular flexibility index (Phi) is 10.5. The highest BCUT2D eigenvalue weighted by molar-refractivity contribution is 9.10. The number of aryl methyl sites for hydroxylation is 1. The van der Waals surface area contributed by atoms with Gasteiger partial charge < -0.3 is 10.2 Å². The lowest BCUT2D eigenvalue weighted by Gasteiger charge is -2.33. The molecule has 9 heteroatoms. The van der Waals surface area contributed by atoms with Gasteiger partial charge in [0.1, 0.15) is 12.6 Å². The third kappa shape index (κ3) is 7.23. The highest BCUT2D eigenvalue weighted by Crippen LogP contribution is 2.27. The summed E-state index contributed by atoms with van der Waals surface area (Å²) in [6, 6.07) is 21.7. The summed E-state index contributed by atoms with van der Waals surface area (Å²) in [7, 11) is -4.08. The number of hydrogen-bond acceptors (Lipinski definition) is 4. The fourth-order valence-electron chi connectivity index (χ4n) is 4.14. The van der Waals surface area contributed by atoms with Crippen molar-refractivity contribution in [3.8, 4) is 0 Å². The van der Waals surface area contributed by atoms with Crippen LogP contribution in [0, 0.1) is 6.92 Å². The molecule has 0 aliphatic carbocycles. The number of halogens is 1. The van der Waals surface area contributed by atoms with Gasteiger partial charge in [0.05, 0.1) is 10.6 Å². The highest BCUT2D eigenvalue weighted by Gasteiger charge is 2.33. The van der Waals surface area contributed by atoms with Crippen molar-refractivity contribution < 1.29 is 18.0 Å². The minimum Gasteiger partial charge on any atom is -0.354 e. The van der Waals surface area contributed by atoms with E-state index in [2.05, 4.69) is 21.2 Å². The van der Waals surface area contributed by atoms with E-state index in [1.165, 1.54) is 17.0 Å². The predicted molar refractivity (Wildman–Crippen MR) is 154 cm³/mol. The fraction of sp³-hybridized carbons (Fsp3) is 0.310. The van der Waals surface area contributed by atoms with Gasteiger partial charge in [0, 0.05) is 17.6 Å². The number of carbonyl (C=O) groups excluding carboxylic acids is 2. The Bertz CT molecular complexity index is 1350. The number of hydrogen-bond donors (Lipinski definition) is 1. The number of nitrogens with zero attached hydrogens (tertiary/aromatic N) is 2. The summed E-state index contributed by atoms with van der Waals surface area (Å²) in [5.41, 5.74) is 2.22. The monoisotopic (exact) mass is 599 g/mol. The van der Waals surface area contributed by atoms with Crippen LogP contribution in [0.25, 0.3) is 0 Å². The van der Waals surface area contributed by atoms with Crippen LogP contribution in [0.5, 0.6) is 0 Å². The Hall–Kier alpha value is -3.17. The van der Waals surface area contributed by atoms with Crippen LogP contribution in [0.15, 0.2) is 88.2 Å². The molecule has 0 aliphatic heterocycles. The van der Waals surface area contributed by atoms with Crippen LogP contribution >= 0.6 is 15.9 Å². The Morgan fingerprint density at radius 3 is 2.26 bits per heavy atom. The second kappa shape index (κ2) is 13.6. The van der Waals surface area contributed by atoms with Crippen molar-refractivity contribution in [3.05, 3.63) is 94.5 Å². The first kappa shape index (κ1) is 29.4. The zero-order valence-corrected chi connectivity index (χ0v) is 24.3. The second-order valence-corrected chi connectivity index (χ2v) is 11.7. The first-order valence-corrected chi connectivity index (χ1v) is 14.9. The quantitative estimate of drug-likeness (QED) is 0.306. The highest BCUT2D eigenvalue weighted by atomic mass is 79.9. The molecule has 1 atom stereocenters. The van der Waals surface area contributed by atoms with Crippen molar-refractivity contribution in [1.82, 2.24) is 10.2 Å². The van der Waals surface area contributed by atoms with Gasteiger partial charge in [-0.2, -0.15) is 0 Å². The number of carbonyl (C=O) groups is 2. The first-order chi connectivity index (χ1) is 18.2. The Labute approximate surface area is 234 Å². The van der Waals surface area contributed by atoms with E-state index in [4.69, 9.17) is 0 Å². The zero-order chi connectivity index (χ0) is 27.7. The Morgan fingerprint density at radius 1 is 0.947 bits per heavy atom. The van der Waals surface area contributed by atoms with Crippen LogP contribution in [0.2, 0.25) is 0 Å². The van der Waals surface area contributed by atoms with E-state index in [0.29, 0.717) is 23.1 Å². The molecule has 0 aliphatic rings. The first-order valence-electron chi connectivity index (χ1n) is 12.6. The van der Waals surface area contributed by atoms with Gasteiger partial charge in [-0.25, -0.2) is 8.42 Å². The lowest BCUT2D eigenvalue weighted by molar-refractivity contribution is -0.140. The van der Waals surface area contributed by atoms with Crippen molar-refractivity contribution in [2.24, 2.45) is 0 Å². The van der Waals surface area contributed by atoms with Gasteiger partial charge in [0.2, 0.25) is 11.8 Å². The second-order valence-electron chi connectivity index (χ2n) is 8.97. The van der Waals surface area contributed by atoms with Crippen molar-refractivity contribution in [2.75, 3.05) is 17.4 Å². The van der Waals surface area contributed by atoms with E-state index in [1.54, 1.807) is 42.5 Å². The van der Waals surface area contributed by atoms with Gasteiger partial charge >= 0.3 is 0 Å². The molecule has 0 saturated heterocycles. The fourth-order valence-corrected chi connectivity index (χ4v) is 5.95. The van der Waals surface area contributed by atoms with Gasteiger partial charge in [0.25, 0.3) is 10.0 Å². The minimum atomic E-state index is -4.08. The number of sulfonamides is 1. The number of rotatable bonds is 12. The molecule has 0 unspecified atom stereocenters. The molecule has 0 spiro atoms. The van der Waals surface area contributed by atoms with E-state index in [-0.39, 0.29) is 17.3 Å². The summed E-state index contributed by atoms with van der Waals surface area (Å²) in [4.78, 5) is 28.7. The molecule has 1 N–H and O–H groups in total. The number of nitrogens with one attached hydrogen (secondary N) is 1. The predicted octanol–water partition coefficient (Wildman–Crippen LogP) is 5.29. The summed E-state index contributed by atoms with van der Waals surface area (Å²) in [5.74, 6) is -0.720. The topological polar surface area (TPSA) is 86.8 Å². The summed E-state index contributed by atoms with van der Waals surface area (Å²) >= 11 is 3.41. The minimum absolute atomic E-state index is 0.0750. The van der Waals surface area contributed by atoms with Gasteiger partial charge in [0.15, 0.2) is 0 Å². The van der Waals surface area contributed by atoms with E-state index in [0.717, 1.165) is 21.9 Å². The van der Waals surface area contributed by atoms with E-state index in [9.17, 15) is 18.0 Å². The maximum Gasteiger partial charge on any atom is 0.264 e. The lowest BCUT2D eigenvalue weighted by atomic mass is 10.1. The van der Waals surface area contributed by atoms with E-state index < -0.39 is 28.5 Å². The lowest BCUT2D eigenvalue weighted by Crippen LogP contribution is -2.52. The molecule has 3 rings (SSSR count). The van der Waals surface area contributed by atoms with E-state index in [1.807, 2.05) is 45.0 Å². The molecule has 3 aromatic rings. The van der Waals surface area contributed by atoms with Crippen molar-refractivity contribution >= 4 is 43.5 Å². The molecule has 0 fully saturated rings. The molecule has 0 saturated carbocycles. The van der Waals surface area contributed by atoms with Crippen molar-refractivity contribution in [3.63, 3.8) is 0 Å². The molecule has 7 nitrogen and oxygen atoms in total. The molecule has 0 heterocycles. The van der Waals surface area contributed by atoms with Crippen LogP contribution in [-0.4, -0.2) is 44.3 Å². The number of anilines is 1. The van der Waals surface area contributed by atoms with Crippen LogP contribution in [0.3, 0.4) is 0 Å². The zero-order valence-electron chi connectivity index (χ0n) is 21.9. The Morgan fingerprint density at radius 2 is 1.63 bits per heavy atom. The summed E-state index contributed by atoms with van der Waals surface area (Å²) in [6.45, 7) is 5.97. The van der Waals surface area contributed by atoms with Crippen molar-refractivity contribution in [2.45, 2.75) is 51.1 Å². The SMILES string of the molecule is CCCNC(=O)[C@@H](CC)N(Cc1ccccc1C)C(=O)CN(c1cccc(Br)c1)S(=O)(=O)c1ccccc1. The maximum atomic E-state index is 14.0. The summed E-state index contributed by atoms with van der Waals surface area (Å²) in [5, 5.41) is 2.90. The van der Waals surface area contributed by atoms with Crippen LogP contribution in [0.1, 0.15) is 37.8 Å². The van der Waals surface area contributed by atoms with E-state index >= 15 is 0 Å². The largest absolute Gasteiger partial charge is 0.354 e. The van der Waals surface area contributed by atoms with Gasteiger partial charge in [-0.1, -0.05) is 78.3 Å². The maximum absolute atomic E-state index is 14.0. The molecular formula is C29H34BrN3O4S. The van der Waals surface area contributed by atoms with Gasteiger partial charge in [-0.05, 0) is 61.2 Å². The average Bonchev–Trinajstić information content (AvgIpc) is 2.91. The van der Waals surface area contributed by atoms with Crippen LogP contribution < -0.4 is 9.62 Å². The molecular weight excluding hydrogens is 566 g/mol. The molecule has 202 valence electrons. The third-order valence-corrected chi connectivity index (χ3v) is 8.52. The van der Waals surface area contributed by atoms with Gasteiger partial charge in [-0.15, -0.1) is 0 Å². The molecule has 0 bridgehead atoms. The van der Waals surface area contributed by atoms with Crippen LogP contribution in [0.4, 0.5) is 5.69 Å². The molecule has 2 amide bonds. The van der Waals surface area contributed by atoms with Crippen LogP contribution in [-0.2, 0) is 26.2 Å². The third-order valence-electron chi connectivity index (χ3n) is 6.24. The Balaban J connectivity index is 2.05. The smallest absolute Gasteiger partial charge is 0.264 e. The molecule has 0 aromatic heterocycles. The number of benzene rings is 3. The molecule has 0 radical (unpaired) electrons. The molecule has 38 heavy (non-hydrogen) atoms. The summed E-state index contributed by atoms with van der Waals surface area (Å²) < 4.78 is 29.4. The molecule has 3 aromatic carbocycles. The normalized spacial score (nSPS) is 12.0. The van der Waals surface area contributed by atoms with Gasteiger partial charge in [-0.3, -0.25) is 13.9 Å². The standard InChI is InChI=1S/C29H34BrN3O4S/c1-4-18-31-29(35)27(5-2)32(20-23-13-10-9-12-22(23)3)28(34)21-33(25-15-11-14-24(30)19-25)38(36,37)26-16-7-6-8-17-26/h6-17,19,27H,4-5,18,20-21H2,1-3H3,(H,31,35)/t27-/m1/s1. The summed E-state index contributed by atoms with van der Waals surface area (Å²) in [6.07, 6.45) is 1.15.